The van der Waals surface area contributed by atoms with Crippen molar-refractivity contribution in [3.05, 3.63) is 63.5 Å². The lowest BCUT2D eigenvalue weighted by Crippen LogP contribution is -2.40. The number of amides is 1. The number of thiophene rings is 1. The summed E-state index contributed by atoms with van der Waals surface area (Å²) < 4.78 is 29.4. The van der Waals surface area contributed by atoms with Gasteiger partial charge in [0.15, 0.2) is 16.4 Å². The lowest BCUT2D eigenvalue weighted by molar-refractivity contribution is -0.134. The zero-order valence-corrected chi connectivity index (χ0v) is 24.4. The van der Waals surface area contributed by atoms with Crippen LogP contribution in [0.2, 0.25) is 0 Å². The topological polar surface area (TPSA) is 93.6 Å². The van der Waals surface area contributed by atoms with Crippen LogP contribution < -0.4 is 0 Å². The SMILES string of the molecule is CN(C(=O)COC(=O)c1c2c(nc3ccccc13)/C(=C/c1cccs1)C[C@H](C(C)(C)C)C2)[C@@H]1CCS(=O)(=O)C1. The summed E-state index contributed by atoms with van der Waals surface area (Å²) in [6.07, 6.45) is 4.10. The molecule has 3 heterocycles. The van der Waals surface area contributed by atoms with Crippen molar-refractivity contribution in [2.75, 3.05) is 25.2 Å². The second kappa shape index (κ2) is 10.5. The van der Waals surface area contributed by atoms with Crippen LogP contribution in [-0.2, 0) is 25.8 Å². The zero-order valence-electron chi connectivity index (χ0n) is 22.8. The van der Waals surface area contributed by atoms with Crippen LogP contribution in [0, 0.1) is 11.3 Å². The number of hydrogen-bond donors (Lipinski definition) is 0. The van der Waals surface area contributed by atoms with Gasteiger partial charge in [0.05, 0.1) is 28.3 Å². The first kappa shape index (κ1) is 27.5. The molecule has 1 aliphatic carbocycles. The molecular formula is C30H34N2O5S2. The molecule has 2 aliphatic rings. The molecule has 1 fully saturated rings. The van der Waals surface area contributed by atoms with E-state index in [-0.39, 0.29) is 22.8 Å². The third-order valence-electron chi connectivity index (χ3n) is 7.98. The first-order chi connectivity index (χ1) is 18.4. The minimum atomic E-state index is -3.14. The van der Waals surface area contributed by atoms with Gasteiger partial charge in [-0.1, -0.05) is 45.0 Å². The van der Waals surface area contributed by atoms with Crippen LogP contribution in [0.25, 0.3) is 22.6 Å². The number of likely N-dealkylation sites (N-methyl/N-ethyl adjacent to an activating group) is 1. The van der Waals surface area contributed by atoms with Crippen LogP contribution in [0.1, 0.15) is 60.1 Å². The van der Waals surface area contributed by atoms with Crippen molar-refractivity contribution in [1.29, 1.82) is 0 Å². The average molecular weight is 567 g/mol. The third kappa shape index (κ3) is 5.79. The fourth-order valence-corrected chi connectivity index (χ4v) is 7.96. The molecule has 9 heteroatoms. The Kier molecular flexibility index (Phi) is 7.41. The summed E-state index contributed by atoms with van der Waals surface area (Å²) in [6.45, 7) is 6.21. The summed E-state index contributed by atoms with van der Waals surface area (Å²) >= 11 is 1.66. The van der Waals surface area contributed by atoms with Gasteiger partial charge in [0.25, 0.3) is 5.91 Å². The van der Waals surface area contributed by atoms with Crippen LogP contribution in [0.3, 0.4) is 0 Å². The molecule has 39 heavy (non-hydrogen) atoms. The lowest BCUT2D eigenvalue weighted by Gasteiger charge is -2.36. The molecule has 5 rings (SSSR count). The van der Waals surface area contributed by atoms with Gasteiger partial charge in [-0.15, -0.1) is 11.3 Å². The van der Waals surface area contributed by atoms with Crippen molar-refractivity contribution in [3.63, 3.8) is 0 Å². The highest BCUT2D eigenvalue weighted by Crippen LogP contribution is 2.45. The maximum absolute atomic E-state index is 13.7. The van der Waals surface area contributed by atoms with Crippen molar-refractivity contribution >= 4 is 55.6 Å². The van der Waals surface area contributed by atoms with Gasteiger partial charge in [-0.25, -0.2) is 18.2 Å². The molecule has 1 aliphatic heterocycles. The van der Waals surface area contributed by atoms with Crippen molar-refractivity contribution < 1.29 is 22.7 Å². The van der Waals surface area contributed by atoms with Gasteiger partial charge in [0.2, 0.25) is 0 Å². The number of fused-ring (bicyclic) bond motifs is 2. The summed E-state index contributed by atoms with van der Waals surface area (Å²) in [5, 5.41) is 2.75. The number of nitrogens with zero attached hydrogens (tertiary/aromatic N) is 2. The van der Waals surface area contributed by atoms with Gasteiger partial charge in [0, 0.05) is 23.4 Å². The standard InChI is InChI=1S/C30H34N2O5S2/c1-30(2,3)20-14-19(15-22-8-7-12-38-22)28-24(16-20)27(23-9-5-6-10-25(23)31-28)29(34)37-17-26(33)32(4)21-11-13-39(35,36)18-21/h5-10,12,15,20-21H,11,13-14,16-18H2,1-4H3/b19-15+/t20-,21+/m0/s1. The number of carbonyl (C=O) groups excluding carboxylic acids is 2. The maximum Gasteiger partial charge on any atom is 0.339 e. The van der Waals surface area contributed by atoms with E-state index in [1.807, 2.05) is 35.7 Å². The Bertz CT molecular complexity index is 1550. The fourth-order valence-electron chi connectivity index (χ4n) is 5.50. The molecular weight excluding hydrogens is 532 g/mol. The zero-order chi connectivity index (χ0) is 27.9. The maximum atomic E-state index is 13.7. The minimum absolute atomic E-state index is 0.000649. The quantitative estimate of drug-likeness (QED) is 0.392. The monoisotopic (exact) mass is 566 g/mol. The number of pyridine rings is 1. The average Bonchev–Trinajstić information content (AvgIpc) is 3.53. The Balaban J connectivity index is 1.51. The molecule has 2 atom stereocenters. The lowest BCUT2D eigenvalue weighted by atomic mass is 9.69. The number of sulfone groups is 1. The highest BCUT2D eigenvalue weighted by atomic mass is 32.2. The van der Waals surface area contributed by atoms with E-state index in [2.05, 4.69) is 32.9 Å². The molecule has 206 valence electrons. The highest BCUT2D eigenvalue weighted by molar-refractivity contribution is 7.91. The van der Waals surface area contributed by atoms with E-state index in [0.717, 1.165) is 28.1 Å². The third-order valence-corrected chi connectivity index (χ3v) is 10.5. The molecule has 0 unspecified atom stereocenters. The number of benzene rings is 1. The van der Waals surface area contributed by atoms with Gasteiger partial charge < -0.3 is 9.64 Å². The fraction of sp³-hybridized carbons (Fsp3) is 0.433. The first-order valence-electron chi connectivity index (χ1n) is 13.2. The van der Waals surface area contributed by atoms with Crippen LogP contribution in [0.15, 0.2) is 41.8 Å². The molecule has 1 amide bonds. The van der Waals surface area contributed by atoms with Gasteiger partial charge in [-0.3, -0.25) is 4.79 Å². The van der Waals surface area contributed by atoms with Crippen LogP contribution >= 0.6 is 11.3 Å². The summed E-state index contributed by atoms with van der Waals surface area (Å²) in [5.41, 5.74) is 3.93. The molecule has 0 spiro atoms. The number of para-hydroxylation sites is 1. The van der Waals surface area contributed by atoms with Crippen molar-refractivity contribution in [3.8, 4) is 0 Å². The largest absolute Gasteiger partial charge is 0.452 e. The van der Waals surface area contributed by atoms with Crippen molar-refractivity contribution in [2.24, 2.45) is 11.3 Å². The Morgan fingerprint density at radius 3 is 2.59 bits per heavy atom. The summed E-state index contributed by atoms with van der Waals surface area (Å²) in [6, 6.07) is 11.2. The van der Waals surface area contributed by atoms with Gasteiger partial charge in [-0.2, -0.15) is 0 Å². The van der Waals surface area contributed by atoms with Gasteiger partial charge in [-0.05, 0) is 65.3 Å². The van der Waals surface area contributed by atoms with E-state index < -0.39 is 34.4 Å². The normalized spacial score (nSPS) is 21.6. The summed E-state index contributed by atoms with van der Waals surface area (Å²) in [5.74, 6) is -0.679. The van der Waals surface area contributed by atoms with E-state index in [9.17, 15) is 18.0 Å². The number of aromatic nitrogens is 1. The van der Waals surface area contributed by atoms with Crippen LogP contribution in [0.4, 0.5) is 0 Å². The Labute approximate surface area is 233 Å². The van der Waals surface area contributed by atoms with Crippen LogP contribution in [-0.4, -0.2) is 61.4 Å². The van der Waals surface area contributed by atoms with Crippen molar-refractivity contribution in [1.82, 2.24) is 9.88 Å². The summed E-state index contributed by atoms with van der Waals surface area (Å²) in [4.78, 5) is 34.2. The smallest absolute Gasteiger partial charge is 0.339 e. The predicted molar refractivity (Wildman–Crippen MR) is 155 cm³/mol. The number of carbonyl (C=O) groups is 2. The minimum Gasteiger partial charge on any atom is -0.452 e. The molecule has 7 nitrogen and oxygen atoms in total. The van der Waals surface area contributed by atoms with Crippen LogP contribution in [0.5, 0.6) is 0 Å². The molecule has 2 aromatic heterocycles. The van der Waals surface area contributed by atoms with Crippen molar-refractivity contribution in [2.45, 2.75) is 46.1 Å². The molecule has 0 radical (unpaired) electrons. The van der Waals surface area contributed by atoms with E-state index in [4.69, 9.17) is 9.72 Å². The van der Waals surface area contributed by atoms with Gasteiger partial charge in [0.1, 0.15) is 0 Å². The second-order valence-corrected chi connectivity index (χ2v) is 14.8. The van der Waals surface area contributed by atoms with E-state index in [1.54, 1.807) is 18.4 Å². The van der Waals surface area contributed by atoms with Gasteiger partial charge >= 0.3 is 5.97 Å². The van der Waals surface area contributed by atoms with E-state index in [0.29, 0.717) is 29.3 Å². The number of allylic oxidation sites excluding steroid dienone is 1. The molecule has 1 aromatic carbocycles. The number of rotatable bonds is 5. The molecule has 3 aromatic rings. The predicted octanol–water partition coefficient (Wildman–Crippen LogP) is 5.25. The number of hydrogen-bond acceptors (Lipinski definition) is 7. The molecule has 0 bridgehead atoms. The Morgan fingerprint density at radius 2 is 1.92 bits per heavy atom. The Hall–Kier alpha value is -3.04. The van der Waals surface area contributed by atoms with E-state index >= 15 is 0 Å². The Morgan fingerprint density at radius 1 is 1.15 bits per heavy atom. The second-order valence-electron chi connectivity index (χ2n) is 11.6. The van der Waals surface area contributed by atoms with E-state index in [1.165, 1.54) is 4.90 Å². The number of ether oxygens (including phenoxy) is 1. The summed E-state index contributed by atoms with van der Waals surface area (Å²) in [7, 11) is -1.57. The molecule has 0 N–H and O–H groups in total. The first-order valence-corrected chi connectivity index (χ1v) is 15.9. The number of esters is 1. The highest BCUT2D eigenvalue weighted by Gasteiger charge is 2.36. The molecule has 0 saturated carbocycles. The molecule has 1 saturated heterocycles.